The molecule has 0 saturated carbocycles. The van der Waals surface area contributed by atoms with Crippen LogP contribution in [-0.2, 0) is 4.74 Å². The van der Waals surface area contributed by atoms with E-state index in [4.69, 9.17) is 4.74 Å². The maximum Gasteiger partial charge on any atom is 0.272 e. The highest BCUT2D eigenvalue weighted by Gasteiger charge is 2.12. The Bertz CT molecular complexity index is 583. The van der Waals surface area contributed by atoms with Gasteiger partial charge in [-0.2, -0.15) is 5.10 Å². The van der Waals surface area contributed by atoms with E-state index in [0.29, 0.717) is 24.4 Å². The van der Waals surface area contributed by atoms with Crippen LogP contribution in [0.3, 0.4) is 0 Å². The van der Waals surface area contributed by atoms with Gasteiger partial charge in [0.05, 0.1) is 6.10 Å². The molecule has 2 N–H and O–H groups in total. The van der Waals surface area contributed by atoms with Gasteiger partial charge in [0.1, 0.15) is 0 Å². The summed E-state index contributed by atoms with van der Waals surface area (Å²) in [5.41, 5.74) is 1.89. The summed E-state index contributed by atoms with van der Waals surface area (Å²) in [6.07, 6.45) is 11.6. The van der Waals surface area contributed by atoms with Crippen molar-refractivity contribution in [3.63, 3.8) is 0 Å². The molecule has 0 saturated heterocycles. The fourth-order valence-electron chi connectivity index (χ4n) is 1.73. The molecule has 0 aliphatic carbocycles. The smallest absolute Gasteiger partial charge is 0.272 e. The summed E-state index contributed by atoms with van der Waals surface area (Å²) in [6, 6.07) is 0. The Hall–Kier alpha value is -2.40. The Morgan fingerprint density at radius 1 is 1.48 bits per heavy atom. The first-order valence-electron chi connectivity index (χ1n) is 7.64. The number of rotatable bonds is 10. The number of hydrogen-bond donors (Lipinski definition) is 2. The zero-order valence-electron chi connectivity index (χ0n) is 13.8. The van der Waals surface area contributed by atoms with E-state index in [1.54, 1.807) is 24.4 Å². The van der Waals surface area contributed by atoms with Crippen molar-refractivity contribution in [3.05, 3.63) is 60.5 Å². The van der Waals surface area contributed by atoms with Gasteiger partial charge >= 0.3 is 0 Å². The molecule has 0 atom stereocenters. The van der Waals surface area contributed by atoms with Crippen LogP contribution in [0.1, 0.15) is 36.3 Å². The third-order valence-electron chi connectivity index (χ3n) is 2.87. The van der Waals surface area contributed by atoms with Crippen molar-refractivity contribution < 1.29 is 9.53 Å². The summed E-state index contributed by atoms with van der Waals surface area (Å²) in [6.45, 7) is 12.6. The van der Waals surface area contributed by atoms with E-state index < -0.39 is 0 Å². The van der Waals surface area contributed by atoms with Crippen LogP contribution < -0.4 is 5.32 Å². The lowest BCUT2D eigenvalue weighted by Gasteiger charge is -2.07. The number of aromatic nitrogens is 2. The fraction of sp³-hybridized carbons (Fsp3) is 0.333. The minimum atomic E-state index is -0.206. The largest absolute Gasteiger partial charge is 0.379 e. The van der Waals surface area contributed by atoms with Gasteiger partial charge in [0.15, 0.2) is 5.69 Å². The van der Waals surface area contributed by atoms with Crippen molar-refractivity contribution >= 4 is 12.0 Å². The zero-order chi connectivity index (χ0) is 17.1. The SMILES string of the molecule is C=C/C=C\C(=C)/C=C/c1c[nH]nc1C(=O)NCCCOC(C)C. The van der Waals surface area contributed by atoms with Crippen molar-refractivity contribution in [2.24, 2.45) is 0 Å². The number of ether oxygens (including phenoxy) is 1. The first-order valence-corrected chi connectivity index (χ1v) is 7.64. The van der Waals surface area contributed by atoms with Crippen molar-refractivity contribution in [2.45, 2.75) is 26.4 Å². The van der Waals surface area contributed by atoms with Gasteiger partial charge in [0.25, 0.3) is 5.91 Å². The molecule has 1 heterocycles. The Balaban J connectivity index is 2.51. The van der Waals surface area contributed by atoms with Crippen LogP contribution >= 0.6 is 0 Å². The molecule has 0 bridgehead atoms. The summed E-state index contributed by atoms with van der Waals surface area (Å²) >= 11 is 0. The number of H-pyrrole nitrogens is 1. The second-order valence-corrected chi connectivity index (χ2v) is 5.22. The number of nitrogens with one attached hydrogen (secondary N) is 2. The number of carbonyl (C=O) groups excluding carboxylic acids is 1. The third kappa shape index (κ3) is 7.42. The van der Waals surface area contributed by atoms with E-state index in [1.165, 1.54) is 0 Å². The van der Waals surface area contributed by atoms with Crippen molar-refractivity contribution in [2.75, 3.05) is 13.2 Å². The van der Waals surface area contributed by atoms with Gasteiger partial charge in [-0.05, 0) is 25.8 Å². The van der Waals surface area contributed by atoms with E-state index in [1.807, 2.05) is 26.0 Å². The zero-order valence-corrected chi connectivity index (χ0v) is 13.8. The van der Waals surface area contributed by atoms with Crippen LogP contribution in [-0.4, -0.2) is 35.4 Å². The third-order valence-corrected chi connectivity index (χ3v) is 2.87. The molecule has 0 radical (unpaired) electrons. The monoisotopic (exact) mass is 315 g/mol. The van der Waals surface area contributed by atoms with Gasteiger partial charge < -0.3 is 10.1 Å². The maximum atomic E-state index is 12.1. The van der Waals surface area contributed by atoms with Crippen molar-refractivity contribution in [1.29, 1.82) is 0 Å². The Morgan fingerprint density at radius 2 is 2.26 bits per heavy atom. The number of allylic oxidation sites excluding steroid dienone is 5. The van der Waals surface area contributed by atoms with Gasteiger partial charge in [0.2, 0.25) is 0 Å². The average Bonchev–Trinajstić information content (AvgIpc) is 2.98. The molecule has 1 amide bonds. The van der Waals surface area contributed by atoms with E-state index >= 15 is 0 Å². The summed E-state index contributed by atoms with van der Waals surface area (Å²) in [4.78, 5) is 12.1. The lowest BCUT2D eigenvalue weighted by molar-refractivity contribution is 0.0756. The van der Waals surface area contributed by atoms with E-state index in [2.05, 4.69) is 28.7 Å². The molecule has 0 fully saturated rings. The van der Waals surface area contributed by atoms with Gasteiger partial charge in [-0.1, -0.05) is 43.5 Å². The summed E-state index contributed by atoms with van der Waals surface area (Å²) < 4.78 is 5.43. The topological polar surface area (TPSA) is 67.0 Å². The Kier molecular flexibility index (Phi) is 8.39. The van der Waals surface area contributed by atoms with Gasteiger partial charge in [0, 0.05) is 24.9 Å². The molecule has 23 heavy (non-hydrogen) atoms. The maximum absolute atomic E-state index is 12.1. The predicted molar refractivity (Wildman–Crippen MR) is 94.1 cm³/mol. The van der Waals surface area contributed by atoms with E-state index in [9.17, 15) is 4.79 Å². The van der Waals surface area contributed by atoms with Gasteiger partial charge in [-0.15, -0.1) is 0 Å². The molecule has 0 unspecified atom stereocenters. The summed E-state index contributed by atoms with van der Waals surface area (Å²) in [7, 11) is 0. The first kappa shape index (κ1) is 18.6. The van der Waals surface area contributed by atoms with Gasteiger partial charge in [-0.3, -0.25) is 9.89 Å². The lowest BCUT2D eigenvalue weighted by Crippen LogP contribution is -2.26. The van der Waals surface area contributed by atoms with Crippen LogP contribution in [0.4, 0.5) is 0 Å². The molecule has 1 aromatic rings. The van der Waals surface area contributed by atoms with Crippen LogP contribution in [0.25, 0.3) is 6.08 Å². The van der Waals surface area contributed by atoms with E-state index in [-0.39, 0.29) is 12.0 Å². The molecular formula is C18H25N3O2. The molecule has 0 aliphatic rings. The Labute approximate surface area is 137 Å². The molecule has 1 aromatic heterocycles. The second-order valence-electron chi connectivity index (χ2n) is 5.22. The highest BCUT2D eigenvalue weighted by Crippen LogP contribution is 2.09. The molecular weight excluding hydrogens is 290 g/mol. The van der Waals surface area contributed by atoms with Gasteiger partial charge in [-0.25, -0.2) is 0 Å². The highest BCUT2D eigenvalue weighted by molar-refractivity contribution is 5.95. The predicted octanol–water partition coefficient (Wildman–Crippen LogP) is 3.27. The number of amides is 1. The number of hydrogen-bond acceptors (Lipinski definition) is 3. The Morgan fingerprint density at radius 3 is 2.96 bits per heavy atom. The minimum absolute atomic E-state index is 0.206. The van der Waals surface area contributed by atoms with Crippen LogP contribution in [0.2, 0.25) is 0 Å². The average molecular weight is 315 g/mol. The molecule has 0 spiro atoms. The molecule has 0 aromatic carbocycles. The van der Waals surface area contributed by atoms with Crippen LogP contribution in [0, 0.1) is 0 Å². The number of nitrogens with zero attached hydrogens (tertiary/aromatic N) is 1. The van der Waals surface area contributed by atoms with Crippen LogP contribution in [0.15, 0.2) is 49.2 Å². The first-order chi connectivity index (χ1) is 11.0. The standard InChI is InChI=1S/C18H25N3O2/c1-5-6-8-15(4)9-10-16-13-20-21-17(16)18(22)19-11-7-12-23-14(2)3/h5-6,8-10,13-14H,1,4,7,11-12H2,2-3H3,(H,19,22)(H,20,21)/b8-6-,10-9+. The highest BCUT2D eigenvalue weighted by atomic mass is 16.5. The minimum Gasteiger partial charge on any atom is -0.379 e. The van der Waals surface area contributed by atoms with Crippen LogP contribution in [0.5, 0.6) is 0 Å². The number of carbonyl (C=O) groups is 1. The van der Waals surface area contributed by atoms with Crippen molar-refractivity contribution in [1.82, 2.24) is 15.5 Å². The molecule has 5 heteroatoms. The summed E-state index contributed by atoms with van der Waals surface area (Å²) in [5.74, 6) is -0.206. The quantitative estimate of drug-likeness (QED) is 0.514. The fourth-order valence-corrected chi connectivity index (χ4v) is 1.73. The second kappa shape index (κ2) is 10.3. The lowest BCUT2D eigenvalue weighted by atomic mass is 10.1. The normalized spacial score (nSPS) is 11.4. The van der Waals surface area contributed by atoms with E-state index in [0.717, 1.165) is 12.0 Å². The summed E-state index contributed by atoms with van der Waals surface area (Å²) in [5, 5.41) is 9.55. The van der Waals surface area contributed by atoms with Crippen molar-refractivity contribution in [3.8, 4) is 0 Å². The molecule has 124 valence electrons. The molecule has 0 aliphatic heterocycles. The molecule has 1 rings (SSSR count). The number of aromatic amines is 1. The molecule has 5 nitrogen and oxygen atoms in total.